The van der Waals surface area contributed by atoms with Gasteiger partial charge in [-0.05, 0) is 30.3 Å². The maximum Gasteiger partial charge on any atom is 0.203 e. The maximum atomic E-state index is 13.0. The maximum absolute atomic E-state index is 13.0. The van der Waals surface area contributed by atoms with Gasteiger partial charge < -0.3 is 9.47 Å². The topological polar surface area (TPSA) is 55.7 Å². The predicted octanol–water partition coefficient (Wildman–Crippen LogP) is 5.72. The summed E-state index contributed by atoms with van der Waals surface area (Å²) >= 11 is 13.8. The van der Waals surface area contributed by atoms with Crippen molar-refractivity contribution < 1.29 is 13.9 Å². The van der Waals surface area contributed by atoms with Crippen LogP contribution >= 0.6 is 34.5 Å². The minimum absolute atomic E-state index is 0.266. The van der Waals surface area contributed by atoms with Crippen LogP contribution in [0.5, 0.6) is 11.5 Å². The molecular formula is C18H14Cl2FN3O2S. The molecule has 3 rings (SSSR count). The zero-order chi connectivity index (χ0) is 19.4. The molecule has 0 unspecified atom stereocenters. The van der Waals surface area contributed by atoms with Gasteiger partial charge in [0.05, 0.1) is 31.2 Å². The lowest BCUT2D eigenvalue weighted by atomic mass is 10.2. The van der Waals surface area contributed by atoms with Crippen molar-refractivity contribution in [2.75, 3.05) is 19.6 Å². The fourth-order valence-corrected chi connectivity index (χ4v) is 3.70. The van der Waals surface area contributed by atoms with Gasteiger partial charge in [0.15, 0.2) is 5.75 Å². The van der Waals surface area contributed by atoms with Crippen LogP contribution in [-0.2, 0) is 0 Å². The molecule has 0 radical (unpaired) electrons. The Kier molecular flexibility index (Phi) is 6.15. The Bertz CT molecular complexity index is 977. The SMILES string of the molecule is COc1c(Cl)cc(/C=N\Nc2nc(-c3ccc(F)cc3)cs2)c(OC)c1Cl. The average molecular weight is 426 g/mol. The molecule has 1 aromatic heterocycles. The summed E-state index contributed by atoms with van der Waals surface area (Å²) in [7, 11) is 2.97. The summed E-state index contributed by atoms with van der Waals surface area (Å²) < 4.78 is 23.5. The van der Waals surface area contributed by atoms with E-state index in [1.54, 1.807) is 18.2 Å². The number of nitrogens with zero attached hydrogens (tertiary/aromatic N) is 2. The summed E-state index contributed by atoms with van der Waals surface area (Å²) in [5, 5.41) is 7.20. The second-order valence-electron chi connectivity index (χ2n) is 5.24. The summed E-state index contributed by atoms with van der Waals surface area (Å²) in [5.41, 5.74) is 4.97. The van der Waals surface area contributed by atoms with Gasteiger partial charge in [-0.2, -0.15) is 5.10 Å². The lowest BCUT2D eigenvalue weighted by Gasteiger charge is -2.12. The van der Waals surface area contributed by atoms with Gasteiger partial charge >= 0.3 is 0 Å². The Morgan fingerprint density at radius 2 is 1.85 bits per heavy atom. The molecule has 0 saturated carbocycles. The number of rotatable bonds is 6. The van der Waals surface area contributed by atoms with E-state index in [1.165, 1.54) is 43.9 Å². The lowest BCUT2D eigenvalue weighted by Crippen LogP contribution is -1.97. The Hall–Kier alpha value is -2.35. The van der Waals surface area contributed by atoms with Gasteiger partial charge in [0.1, 0.15) is 16.6 Å². The number of ether oxygens (including phenoxy) is 2. The third-order valence-electron chi connectivity index (χ3n) is 3.58. The standard InChI is InChI=1S/C18H14Cl2FN3O2S/c1-25-16-11(7-13(19)17(26-2)15(16)20)8-22-24-18-23-14(9-27-18)10-3-5-12(21)6-4-10/h3-9H,1-2H3,(H,23,24)/b22-8-. The Morgan fingerprint density at radius 1 is 1.15 bits per heavy atom. The fraction of sp³-hybridized carbons (Fsp3) is 0.111. The third-order valence-corrected chi connectivity index (χ3v) is 4.95. The number of nitrogens with one attached hydrogen (secondary N) is 1. The number of halogens is 3. The van der Waals surface area contributed by atoms with Crippen LogP contribution < -0.4 is 14.9 Å². The molecule has 9 heteroatoms. The van der Waals surface area contributed by atoms with Gasteiger partial charge in [0, 0.05) is 16.5 Å². The molecule has 0 amide bonds. The smallest absolute Gasteiger partial charge is 0.203 e. The molecule has 5 nitrogen and oxygen atoms in total. The molecule has 3 aromatic rings. The molecule has 2 aromatic carbocycles. The first-order valence-electron chi connectivity index (χ1n) is 7.64. The van der Waals surface area contributed by atoms with E-state index in [0.29, 0.717) is 27.2 Å². The van der Waals surface area contributed by atoms with Gasteiger partial charge in [-0.1, -0.05) is 23.2 Å². The van der Waals surface area contributed by atoms with E-state index in [4.69, 9.17) is 32.7 Å². The number of hydrazone groups is 1. The number of hydrogen-bond donors (Lipinski definition) is 1. The van der Waals surface area contributed by atoms with Crippen molar-refractivity contribution in [1.29, 1.82) is 0 Å². The molecule has 140 valence electrons. The van der Waals surface area contributed by atoms with Crippen LogP contribution in [0.4, 0.5) is 9.52 Å². The molecule has 0 atom stereocenters. The summed E-state index contributed by atoms with van der Waals surface area (Å²) in [6.45, 7) is 0. The van der Waals surface area contributed by atoms with Crippen molar-refractivity contribution in [2.45, 2.75) is 0 Å². The number of anilines is 1. The molecule has 1 heterocycles. The zero-order valence-electron chi connectivity index (χ0n) is 14.3. The first kappa shape index (κ1) is 19.4. The third kappa shape index (κ3) is 4.32. The van der Waals surface area contributed by atoms with Gasteiger partial charge in [-0.3, -0.25) is 5.43 Å². The van der Waals surface area contributed by atoms with E-state index in [1.807, 2.05) is 5.38 Å². The Balaban J connectivity index is 1.77. The number of hydrogen-bond acceptors (Lipinski definition) is 6. The van der Waals surface area contributed by atoms with E-state index < -0.39 is 0 Å². The average Bonchev–Trinajstić information content (AvgIpc) is 3.11. The molecule has 1 N–H and O–H groups in total. The monoisotopic (exact) mass is 425 g/mol. The van der Waals surface area contributed by atoms with Crippen LogP contribution in [0.25, 0.3) is 11.3 Å². The van der Waals surface area contributed by atoms with Crippen molar-refractivity contribution in [3.05, 3.63) is 57.1 Å². The summed E-state index contributed by atoms with van der Waals surface area (Å²) in [4.78, 5) is 4.41. The van der Waals surface area contributed by atoms with Gasteiger partial charge in [-0.25, -0.2) is 9.37 Å². The van der Waals surface area contributed by atoms with Crippen LogP contribution in [0.2, 0.25) is 10.0 Å². The van der Waals surface area contributed by atoms with Crippen LogP contribution in [0.3, 0.4) is 0 Å². The highest BCUT2D eigenvalue weighted by Gasteiger charge is 2.16. The molecule has 0 spiro atoms. The first-order chi connectivity index (χ1) is 13.0. The van der Waals surface area contributed by atoms with Crippen LogP contribution in [0, 0.1) is 5.82 Å². The van der Waals surface area contributed by atoms with Crippen LogP contribution in [0.15, 0.2) is 40.8 Å². The second-order valence-corrected chi connectivity index (χ2v) is 6.89. The first-order valence-corrected chi connectivity index (χ1v) is 9.27. The summed E-state index contributed by atoms with van der Waals surface area (Å²) in [6, 6.07) is 7.77. The number of methoxy groups -OCH3 is 2. The van der Waals surface area contributed by atoms with Crippen molar-refractivity contribution in [3.63, 3.8) is 0 Å². The van der Waals surface area contributed by atoms with E-state index in [9.17, 15) is 4.39 Å². The molecule has 0 fully saturated rings. The zero-order valence-corrected chi connectivity index (χ0v) is 16.6. The summed E-state index contributed by atoms with van der Waals surface area (Å²) in [5.74, 6) is 0.446. The molecular weight excluding hydrogens is 412 g/mol. The fourth-order valence-electron chi connectivity index (χ4n) is 2.33. The van der Waals surface area contributed by atoms with Crippen molar-refractivity contribution in [3.8, 4) is 22.8 Å². The number of thiazole rings is 1. The highest BCUT2D eigenvalue weighted by Crippen LogP contribution is 2.41. The molecule has 0 bridgehead atoms. The molecule has 0 aliphatic carbocycles. The second kappa shape index (κ2) is 8.56. The predicted molar refractivity (Wildman–Crippen MR) is 108 cm³/mol. The summed E-state index contributed by atoms with van der Waals surface area (Å²) in [6.07, 6.45) is 1.52. The minimum atomic E-state index is -0.289. The van der Waals surface area contributed by atoms with Crippen LogP contribution in [-0.4, -0.2) is 25.4 Å². The van der Waals surface area contributed by atoms with Gasteiger partial charge in [0.25, 0.3) is 0 Å². The Labute approximate surface area is 169 Å². The van der Waals surface area contributed by atoms with E-state index in [0.717, 1.165) is 11.3 Å². The molecule has 27 heavy (non-hydrogen) atoms. The van der Waals surface area contributed by atoms with E-state index >= 15 is 0 Å². The van der Waals surface area contributed by atoms with Crippen molar-refractivity contribution in [1.82, 2.24) is 4.98 Å². The number of aromatic nitrogens is 1. The Morgan fingerprint density at radius 3 is 2.52 bits per heavy atom. The normalized spacial score (nSPS) is 11.0. The van der Waals surface area contributed by atoms with Gasteiger partial charge in [-0.15, -0.1) is 11.3 Å². The quantitative estimate of drug-likeness (QED) is 0.405. The van der Waals surface area contributed by atoms with Crippen molar-refractivity contribution in [2.24, 2.45) is 5.10 Å². The molecule has 0 aliphatic heterocycles. The lowest BCUT2D eigenvalue weighted by molar-refractivity contribution is 0.394. The van der Waals surface area contributed by atoms with Gasteiger partial charge in [0.2, 0.25) is 5.13 Å². The molecule has 0 aliphatic rings. The minimum Gasteiger partial charge on any atom is -0.494 e. The largest absolute Gasteiger partial charge is 0.494 e. The highest BCUT2D eigenvalue weighted by molar-refractivity contribution is 7.14. The highest BCUT2D eigenvalue weighted by atomic mass is 35.5. The molecule has 0 saturated heterocycles. The van der Waals surface area contributed by atoms with Crippen LogP contribution in [0.1, 0.15) is 5.56 Å². The van der Waals surface area contributed by atoms with Crippen molar-refractivity contribution >= 4 is 45.9 Å². The van der Waals surface area contributed by atoms with E-state index in [2.05, 4.69) is 15.5 Å². The number of benzene rings is 2. The van der Waals surface area contributed by atoms with E-state index in [-0.39, 0.29) is 10.8 Å².